The van der Waals surface area contributed by atoms with Crippen molar-refractivity contribution in [1.29, 1.82) is 0 Å². The van der Waals surface area contributed by atoms with E-state index in [9.17, 15) is 17.5 Å². The summed E-state index contributed by atoms with van der Waals surface area (Å²) in [4.78, 5) is 0.533. The normalized spacial score (nSPS) is 22.7. The lowest BCUT2D eigenvalue weighted by atomic mass is 9.87. The van der Waals surface area contributed by atoms with Gasteiger partial charge < -0.3 is 4.74 Å². The highest BCUT2D eigenvalue weighted by Gasteiger charge is 2.42. The summed E-state index contributed by atoms with van der Waals surface area (Å²) in [6, 6.07) is 13.6. The largest absolute Gasteiger partial charge is 0.496 e. The summed E-state index contributed by atoms with van der Waals surface area (Å²) in [5.41, 5.74) is 2.23. The molecule has 1 aliphatic heterocycles. The van der Waals surface area contributed by atoms with E-state index in [1.807, 2.05) is 30.3 Å². The number of nitrogens with one attached hydrogen (secondary N) is 1. The van der Waals surface area contributed by atoms with E-state index in [1.54, 1.807) is 7.11 Å². The highest BCUT2D eigenvalue weighted by molar-refractivity contribution is 8.24. The van der Waals surface area contributed by atoms with Crippen molar-refractivity contribution in [2.24, 2.45) is 0 Å². The number of ether oxygens (including phenoxy) is 1. The molecular weight excluding hydrogens is 486 g/mol. The lowest BCUT2D eigenvalue weighted by Gasteiger charge is -2.42. The van der Waals surface area contributed by atoms with Crippen LogP contribution in [0.4, 0.5) is 0 Å². The lowest BCUT2D eigenvalue weighted by Crippen LogP contribution is -2.49. The summed E-state index contributed by atoms with van der Waals surface area (Å²) >= 11 is 0. The Morgan fingerprint density at radius 2 is 1.86 bits per heavy atom. The van der Waals surface area contributed by atoms with Crippen LogP contribution in [0.1, 0.15) is 68.7 Å². The molecule has 3 N–H and O–H groups in total. The van der Waals surface area contributed by atoms with Gasteiger partial charge in [-0.2, -0.15) is 19.0 Å². The molecule has 0 aliphatic carbocycles. The zero-order valence-electron chi connectivity index (χ0n) is 21.1. The Balaban J connectivity index is 2.09. The monoisotopic (exact) mass is 525 g/mol. The van der Waals surface area contributed by atoms with Crippen molar-refractivity contribution in [1.82, 2.24) is 5.32 Å². The third kappa shape index (κ3) is 6.99. The SMILES string of the molecule is CCCCC1(CC)CS(O)(O)c2cc(CCCOS(C)(=O)=O)c(OC)cc2C(c2ccccc2)N1. The molecule has 35 heavy (non-hydrogen) atoms. The first-order valence-corrected chi connectivity index (χ1v) is 15.7. The fourth-order valence-electron chi connectivity index (χ4n) is 4.82. The highest BCUT2D eigenvalue weighted by Crippen LogP contribution is 2.58. The number of aryl methyl sites for hydroxylation is 1. The van der Waals surface area contributed by atoms with Crippen LogP contribution in [0.25, 0.3) is 0 Å². The van der Waals surface area contributed by atoms with E-state index in [2.05, 4.69) is 31.3 Å². The van der Waals surface area contributed by atoms with Crippen LogP contribution in [0.5, 0.6) is 5.75 Å². The topological polar surface area (TPSA) is 105 Å². The van der Waals surface area contributed by atoms with Crippen molar-refractivity contribution in [2.75, 3.05) is 25.7 Å². The number of hydrogen-bond acceptors (Lipinski definition) is 7. The van der Waals surface area contributed by atoms with E-state index in [-0.39, 0.29) is 18.4 Å². The Labute approximate surface area is 211 Å². The Hall–Kier alpha value is -1.62. The lowest BCUT2D eigenvalue weighted by molar-refractivity contribution is 0.290. The van der Waals surface area contributed by atoms with Gasteiger partial charge in [0.15, 0.2) is 0 Å². The van der Waals surface area contributed by atoms with Crippen molar-refractivity contribution in [3.63, 3.8) is 0 Å². The highest BCUT2D eigenvalue weighted by atomic mass is 32.3. The second-order valence-corrected chi connectivity index (χ2v) is 13.1. The molecule has 196 valence electrons. The van der Waals surface area contributed by atoms with E-state index in [1.165, 1.54) is 0 Å². The number of rotatable bonds is 11. The summed E-state index contributed by atoms with van der Waals surface area (Å²) in [6.45, 7) is 4.30. The summed E-state index contributed by atoms with van der Waals surface area (Å²) < 4.78 is 56.3. The average molecular weight is 526 g/mol. The van der Waals surface area contributed by atoms with Crippen LogP contribution < -0.4 is 10.1 Å². The summed E-state index contributed by atoms with van der Waals surface area (Å²) in [5.74, 6) is 0.883. The molecule has 0 spiro atoms. The first kappa shape index (κ1) is 28.0. The zero-order valence-corrected chi connectivity index (χ0v) is 22.8. The molecule has 9 heteroatoms. The molecule has 7 nitrogen and oxygen atoms in total. The minimum absolute atomic E-state index is 0.0550. The molecule has 2 unspecified atom stereocenters. The van der Waals surface area contributed by atoms with Crippen molar-refractivity contribution < 1.29 is 26.4 Å². The smallest absolute Gasteiger partial charge is 0.264 e. The van der Waals surface area contributed by atoms with Crippen LogP contribution in [0.3, 0.4) is 0 Å². The van der Waals surface area contributed by atoms with Gasteiger partial charge in [-0.15, -0.1) is 0 Å². The van der Waals surface area contributed by atoms with Crippen molar-refractivity contribution in [3.8, 4) is 5.75 Å². The summed E-state index contributed by atoms with van der Waals surface area (Å²) in [5, 5.41) is 3.84. The molecule has 0 amide bonds. The molecule has 1 heterocycles. The number of fused-ring (bicyclic) bond motifs is 1. The molecule has 2 aromatic carbocycles. The van der Waals surface area contributed by atoms with Gasteiger partial charge >= 0.3 is 0 Å². The molecule has 0 saturated heterocycles. The number of hydrogen-bond donors (Lipinski definition) is 3. The first-order chi connectivity index (χ1) is 16.5. The van der Waals surface area contributed by atoms with Crippen LogP contribution in [-0.4, -0.2) is 48.8 Å². The number of benzene rings is 2. The minimum Gasteiger partial charge on any atom is -0.496 e. The predicted molar refractivity (Wildman–Crippen MR) is 142 cm³/mol. The Morgan fingerprint density at radius 1 is 1.14 bits per heavy atom. The maximum atomic E-state index is 11.6. The molecule has 0 saturated carbocycles. The van der Waals surface area contributed by atoms with Crippen molar-refractivity contribution >= 4 is 20.7 Å². The predicted octanol–water partition coefficient (Wildman–Crippen LogP) is 5.75. The van der Waals surface area contributed by atoms with Gasteiger partial charge in [-0.1, -0.05) is 57.0 Å². The molecular formula is C26H39NO6S2. The van der Waals surface area contributed by atoms with Gasteiger partial charge in [-0.3, -0.25) is 18.6 Å². The average Bonchev–Trinajstić information content (AvgIpc) is 2.92. The minimum atomic E-state index is -3.51. The van der Waals surface area contributed by atoms with Gasteiger partial charge in [-0.05, 0) is 48.9 Å². The zero-order chi connectivity index (χ0) is 25.7. The van der Waals surface area contributed by atoms with Gasteiger partial charge in [-0.25, -0.2) is 0 Å². The molecule has 0 bridgehead atoms. The van der Waals surface area contributed by atoms with Gasteiger partial charge in [0.2, 0.25) is 0 Å². The molecule has 0 fully saturated rings. The second kappa shape index (κ2) is 11.6. The van der Waals surface area contributed by atoms with Crippen LogP contribution in [0, 0.1) is 0 Å². The van der Waals surface area contributed by atoms with Crippen LogP contribution in [0.15, 0.2) is 47.4 Å². The maximum Gasteiger partial charge on any atom is 0.264 e. The third-order valence-corrected chi connectivity index (χ3v) is 9.32. The molecule has 1 aliphatic rings. The molecule has 2 atom stereocenters. The Morgan fingerprint density at radius 3 is 2.46 bits per heavy atom. The van der Waals surface area contributed by atoms with Crippen LogP contribution in [0.2, 0.25) is 0 Å². The quantitative estimate of drug-likeness (QED) is 0.254. The number of unbranched alkanes of at least 4 members (excludes halogenated alkanes) is 1. The van der Waals surface area contributed by atoms with E-state index < -0.39 is 26.2 Å². The van der Waals surface area contributed by atoms with E-state index >= 15 is 0 Å². The Bertz CT molecular complexity index is 1090. The molecule has 3 rings (SSSR count). The van der Waals surface area contributed by atoms with E-state index in [4.69, 9.17) is 8.92 Å². The van der Waals surface area contributed by atoms with Crippen LogP contribution in [-0.2, 0) is 20.7 Å². The fourth-order valence-corrected chi connectivity index (χ4v) is 7.49. The summed E-state index contributed by atoms with van der Waals surface area (Å²) in [7, 11) is -5.03. The van der Waals surface area contributed by atoms with Gasteiger partial charge in [0.05, 0.1) is 36.7 Å². The summed E-state index contributed by atoms with van der Waals surface area (Å²) in [6.07, 6.45) is 5.60. The second-order valence-electron chi connectivity index (χ2n) is 9.37. The van der Waals surface area contributed by atoms with Gasteiger partial charge in [0, 0.05) is 11.1 Å². The van der Waals surface area contributed by atoms with Gasteiger partial charge in [0.25, 0.3) is 10.1 Å². The Kier molecular flexibility index (Phi) is 9.28. The fraction of sp³-hybridized carbons (Fsp3) is 0.538. The third-order valence-electron chi connectivity index (χ3n) is 6.71. The van der Waals surface area contributed by atoms with Gasteiger partial charge in [0.1, 0.15) is 5.75 Å². The van der Waals surface area contributed by atoms with E-state index in [0.29, 0.717) is 23.5 Å². The molecule has 0 aromatic heterocycles. The van der Waals surface area contributed by atoms with E-state index in [0.717, 1.165) is 48.6 Å². The standard InChI is InChI=1S/C26H39NO6S2/c1-5-7-15-26(6-2)19-35(30,31)24-17-21(14-11-16-33-34(4,28)29)23(32-3)18-22(24)25(27-26)20-12-9-8-10-13-20/h8-10,12-13,17-18,25,27,30-31H,5-7,11,14-16,19H2,1-4H3. The van der Waals surface area contributed by atoms with Crippen LogP contribution >= 0.6 is 10.6 Å². The number of methoxy groups -OCH3 is 1. The van der Waals surface area contributed by atoms with Crippen molar-refractivity contribution in [3.05, 3.63) is 59.2 Å². The first-order valence-electron chi connectivity index (χ1n) is 12.2. The molecule has 2 aromatic rings. The maximum absolute atomic E-state index is 11.6. The van der Waals surface area contributed by atoms with Crippen molar-refractivity contribution in [2.45, 2.75) is 68.8 Å². The molecule has 0 radical (unpaired) electrons.